The summed E-state index contributed by atoms with van der Waals surface area (Å²) in [5, 5.41) is 7.89. The molecule has 3 N–H and O–H groups in total. The van der Waals surface area contributed by atoms with Crippen LogP contribution in [0.25, 0.3) is 0 Å². The SMILES string of the molecule is O=C(CNc1ccc(Br)cc1)NC(=O)NC1CC1. The first-order chi connectivity index (χ1) is 8.63. The van der Waals surface area contributed by atoms with Gasteiger partial charge in [-0.05, 0) is 37.1 Å². The second kappa shape index (κ2) is 5.86. The molecule has 0 heterocycles. The molecule has 0 aromatic heterocycles. The van der Waals surface area contributed by atoms with Crippen LogP contribution >= 0.6 is 15.9 Å². The van der Waals surface area contributed by atoms with Crippen molar-refractivity contribution in [1.29, 1.82) is 0 Å². The van der Waals surface area contributed by atoms with Crippen molar-refractivity contribution in [3.63, 3.8) is 0 Å². The van der Waals surface area contributed by atoms with Crippen molar-refractivity contribution in [3.05, 3.63) is 28.7 Å². The van der Waals surface area contributed by atoms with Crippen molar-refractivity contribution in [2.24, 2.45) is 0 Å². The lowest BCUT2D eigenvalue weighted by Crippen LogP contribution is -2.42. The van der Waals surface area contributed by atoms with E-state index < -0.39 is 6.03 Å². The number of rotatable bonds is 4. The normalized spacial score (nSPS) is 13.8. The van der Waals surface area contributed by atoms with Crippen molar-refractivity contribution in [3.8, 4) is 0 Å². The number of nitrogens with one attached hydrogen (secondary N) is 3. The van der Waals surface area contributed by atoms with Crippen LogP contribution in [0.4, 0.5) is 10.5 Å². The highest BCUT2D eigenvalue weighted by Gasteiger charge is 2.23. The maximum atomic E-state index is 11.5. The van der Waals surface area contributed by atoms with Crippen molar-refractivity contribution in [2.75, 3.05) is 11.9 Å². The Balaban J connectivity index is 1.70. The van der Waals surface area contributed by atoms with Gasteiger partial charge in [-0.3, -0.25) is 10.1 Å². The molecule has 96 valence electrons. The quantitative estimate of drug-likeness (QED) is 0.794. The van der Waals surface area contributed by atoms with Crippen LogP contribution in [-0.2, 0) is 4.79 Å². The van der Waals surface area contributed by atoms with Gasteiger partial charge in [-0.1, -0.05) is 15.9 Å². The number of hydrogen-bond acceptors (Lipinski definition) is 3. The molecule has 6 heteroatoms. The van der Waals surface area contributed by atoms with Gasteiger partial charge in [0.2, 0.25) is 5.91 Å². The first kappa shape index (κ1) is 12.9. The predicted molar refractivity (Wildman–Crippen MR) is 72.3 cm³/mol. The molecule has 1 saturated carbocycles. The van der Waals surface area contributed by atoms with Crippen LogP contribution in [0.3, 0.4) is 0 Å². The summed E-state index contributed by atoms with van der Waals surface area (Å²) in [6, 6.07) is 7.28. The number of halogens is 1. The molecule has 0 bridgehead atoms. The number of imide groups is 1. The summed E-state index contributed by atoms with van der Waals surface area (Å²) >= 11 is 3.33. The summed E-state index contributed by atoms with van der Waals surface area (Å²) in [6.45, 7) is 0.0692. The van der Waals surface area contributed by atoms with Gasteiger partial charge >= 0.3 is 6.03 Å². The fourth-order valence-electron chi connectivity index (χ4n) is 1.37. The van der Waals surface area contributed by atoms with Crippen molar-refractivity contribution in [2.45, 2.75) is 18.9 Å². The van der Waals surface area contributed by atoms with Crippen LogP contribution in [0, 0.1) is 0 Å². The maximum absolute atomic E-state index is 11.5. The Kier molecular flexibility index (Phi) is 4.19. The maximum Gasteiger partial charge on any atom is 0.321 e. The lowest BCUT2D eigenvalue weighted by Gasteiger charge is -2.07. The second-order valence-corrected chi connectivity index (χ2v) is 5.07. The number of carbonyl (C=O) groups is 2. The average Bonchev–Trinajstić information content (AvgIpc) is 3.12. The van der Waals surface area contributed by atoms with Crippen LogP contribution in [0.2, 0.25) is 0 Å². The van der Waals surface area contributed by atoms with E-state index in [1.807, 2.05) is 24.3 Å². The zero-order valence-corrected chi connectivity index (χ0v) is 11.3. The third-order valence-corrected chi connectivity index (χ3v) is 2.99. The van der Waals surface area contributed by atoms with Gasteiger partial charge in [0.15, 0.2) is 0 Å². The van der Waals surface area contributed by atoms with E-state index in [2.05, 4.69) is 31.9 Å². The van der Waals surface area contributed by atoms with Crippen LogP contribution in [0.1, 0.15) is 12.8 Å². The van der Waals surface area contributed by atoms with Crippen LogP contribution in [-0.4, -0.2) is 24.5 Å². The summed E-state index contributed by atoms with van der Waals surface area (Å²) in [4.78, 5) is 22.7. The van der Waals surface area contributed by atoms with Gasteiger partial charge in [0.1, 0.15) is 0 Å². The number of urea groups is 1. The Bertz CT molecular complexity index is 443. The number of amides is 3. The van der Waals surface area contributed by atoms with Crippen molar-refractivity contribution >= 4 is 33.6 Å². The molecule has 1 aliphatic carbocycles. The minimum atomic E-state index is -0.417. The molecular weight excluding hydrogens is 298 g/mol. The molecule has 18 heavy (non-hydrogen) atoms. The van der Waals surface area contributed by atoms with Gasteiger partial charge in [0.25, 0.3) is 0 Å². The van der Waals surface area contributed by atoms with Gasteiger partial charge in [0.05, 0.1) is 6.54 Å². The van der Waals surface area contributed by atoms with Crippen molar-refractivity contribution in [1.82, 2.24) is 10.6 Å². The van der Waals surface area contributed by atoms with Gasteiger partial charge in [-0.15, -0.1) is 0 Å². The van der Waals surface area contributed by atoms with E-state index >= 15 is 0 Å². The third kappa shape index (κ3) is 4.37. The third-order valence-electron chi connectivity index (χ3n) is 2.46. The standard InChI is InChI=1S/C12H14BrN3O2/c13-8-1-3-9(4-2-8)14-7-11(17)16-12(18)15-10-5-6-10/h1-4,10,14H,5-7H2,(H2,15,16,17,18). The molecule has 0 aliphatic heterocycles. The van der Waals surface area contributed by atoms with E-state index in [9.17, 15) is 9.59 Å². The first-order valence-electron chi connectivity index (χ1n) is 5.73. The van der Waals surface area contributed by atoms with E-state index in [1.165, 1.54) is 0 Å². The van der Waals surface area contributed by atoms with Gasteiger partial charge in [-0.25, -0.2) is 4.79 Å². The molecule has 1 fully saturated rings. The summed E-state index contributed by atoms with van der Waals surface area (Å²) in [7, 11) is 0. The molecule has 0 spiro atoms. The largest absolute Gasteiger partial charge is 0.376 e. The topological polar surface area (TPSA) is 70.2 Å². The summed E-state index contributed by atoms with van der Waals surface area (Å²) in [5.41, 5.74) is 0.830. The van der Waals surface area contributed by atoms with E-state index in [0.29, 0.717) is 0 Å². The number of anilines is 1. The fraction of sp³-hybridized carbons (Fsp3) is 0.333. The van der Waals surface area contributed by atoms with E-state index in [-0.39, 0.29) is 18.5 Å². The zero-order valence-electron chi connectivity index (χ0n) is 9.70. The highest BCUT2D eigenvalue weighted by molar-refractivity contribution is 9.10. The first-order valence-corrected chi connectivity index (χ1v) is 6.52. The Morgan fingerprint density at radius 2 is 1.89 bits per heavy atom. The van der Waals surface area contributed by atoms with Gasteiger partial charge in [-0.2, -0.15) is 0 Å². The predicted octanol–water partition coefficient (Wildman–Crippen LogP) is 1.85. The van der Waals surface area contributed by atoms with Crippen LogP contribution in [0.15, 0.2) is 28.7 Å². The van der Waals surface area contributed by atoms with E-state index in [4.69, 9.17) is 0 Å². The summed E-state index contributed by atoms with van der Waals surface area (Å²) < 4.78 is 0.973. The Labute approximate surface area is 113 Å². The van der Waals surface area contributed by atoms with Gasteiger partial charge < -0.3 is 10.6 Å². The zero-order chi connectivity index (χ0) is 13.0. The van der Waals surface area contributed by atoms with Crippen molar-refractivity contribution < 1.29 is 9.59 Å². The molecule has 2 rings (SSSR count). The molecule has 1 aliphatic rings. The molecule has 1 aromatic carbocycles. The number of benzene rings is 1. The summed E-state index contributed by atoms with van der Waals surface area (Å²) in [6.07, 6.45) is 2.00. The minimum Gasteiger partial charge on any atom is -0.376 e. The molecule has 0 saturated heterocycles. The van der Waals surface area contributed by atoms with E-state index in [0.717, 1.165) is 23.0 Å². The Morgan fingerprint density at radius 1 is 1.22 bits per heavy atom. The molecule has 3 amide bonds. The lowest BCUT2D eigenvalue weighted by atomic mass is 10.3. The van der Waals surface area contributed by atoms with Crippen LogP contribution in [0.5, 0.6) is 0 Å². The molecule has 5 nitrogen and oxygen atoms in total. The summed E-state index contributed by atoms with van der Waals surface area (Å²) in [5.74, 6) is -0.351. The minimum absolute atomic E-state index is 0.0692. The number of hydrogen-bond donors (Lipinski definition) is 3. The Hall–Kier alpha value is -1.56. The Morgan fingerprint density at radius 3 is 2.50 bits per heavy atom. The molecular formula is C12H14BrN3O2. The molecule has 0 unspecified atom stereocenters. The smallest absolute Gasteiger partial charge is 0.321 e. The molecule has 1 aromatic rings. The highest BCUT2D eigenvalue weighted by Crippen LogP contribution is 2.18. The highest BCUT2D eigenvalue weighted by atomic mass is 79.9. The molecule has 0 atom stereocenters. The second-order valence-electron chi connectivity index (χ2n) is 4.16. The fourth-order valence-corrected chi connectivity index (χ4v) is 1.63. The van der Waals surface area contributed by atoms with Crippen LogP contribution < -0.4 is 16.0 Å². The molecule has 0 radical (unpaired) electrons. The van der Waals surface area contributed by atoms with E-state index in [1.54, 1.807) is 0 Å². The average molecular weight is 312 g/mol. The number of carbonyl (C=O) groups excluding carboxylic acids is 2. The van der Waals surface area contributed by atoms with Gasteiger partial charge in [0, 0.05) is 16.2 Å². The lowest BCUT2D eigenvalue weighted by molar-refractivity contribution is -0.118. The monoisotopic (exact) mass is 311 g/mol.